The van der Waals surface area contributed by atoms with Gasteiger partial charge in [-0.3, -0.25) is 4.79 Å². The second-order valence-electron chi connectivity index (χ2n) is 10.1. The van der Waals surface area contributed by atoms with E-state index in [9.17, 15) is 9.90 Å². The highest BCUT2D eigenvalue weighted by atomic mass is 16.5. The van der Waals surface area contributed by atoms with Crippen molar-refractivity contribution in [3.63, 3.8) is 0 Å². The van der Waals surface area contributed by atoms with Crippen LogP contribution in [0.2, 0.25) is 0 Å². The van der Waals surface area contributed by atoms with E-state index < -0.39 is 5.91 Å². The summed E-state index contributed by atoms with van der Waals surface area (Å²) < 4.78 is 6.17. The Bertz CT molecular complexity index is 1010. The average Bonchev–Trinajstić information content (AvgIpc) is 2.87. The van der Waals surface area contributed by atoms with Crippen LogP contribution in [0.3, 0.4) is 0 Å². The van der Waals surface area contributed by atoms with E-state index >= 15 is 0 Å². The normalized spacial score (nSPS) is 24.2. The minimum atomic E-state index is -0.629. The Hall–Kier alpha value is -2.91. The van der Waals surface area contributed by atoms with Crippen LogP contribution in [0.4, 0.5) is 23.0 Å². The van der Waals surface area contributed by atoms with Crippen LogP contribution in [0, 0.1) is 0 Å². The molecule has 0 bridgehead atoms. The van der Waals surface area contributed by atoms with Crippen LogP contribution in [0.25, 0.3) is 0 Å². The van der Waals surface area contributed by atoms with Crippen LogP contribution >= 0.6 is 0 Å². The molecule has 0 unspecified atom stereocenters. The number of nitrogens with zero attached hydrogens (tertiary/aromatic N) is 3. The highest BCUT2D eigenvalue weighted by Crippen LogP contribution is 2.36. The van der Waals surface area contributed by atoms with Gasteiger partial charge in [0.25, 0.3) is 5.91 Å². The number of piperidine rings is 1. The quantitative estimate of drug-likeness (QED) is 0.494. The van der Waals surface area contributed by atoms with Gasteiger partial charge in [0.15, 0.2) is 11.5 Å². The zero-order valence-corrected chi connectivity index (χ0v) is 20.2. The lowest BCUT2D eigenvalue weighted by atomic mass is 9.84. The molecule has 1 aliphatic carbocycles. The van der Waals surface area contributed by atoms with Gasteiger partial charge in [-0.2, -0.15) is 0 Å². The number of hydrogen-bond donors (Lipinski definition) is 4. The zero-order valence-electron chi connectivity index (χ0n) is 20.2. The first-order valence-electron chi connectivity index (χ1n) is 12.9. The fourth-order valence-electron chi connectivity index (χ4n) is 5.52. The minimum Gasteiger partial charge on any atom is -0.393 e. The highest BCUT2D eigenvalue weighted by Gasteiger charge is 2.36. The number of primary amides is 1. The van der Waals surface area contributed by atoms with Crippen molar-refractivity contribution in [1.82, 2.24) is 9.97 Å². The SMILES string of the molecule is NC(=O)c1ncc(NC2CCC(O)CC2)nc1Nc1ccc(N2CCC3(CCCCO3)CC2)cc1. The molecule has 1 spiro atoms. The molecule has 3 fully saturated rings. The lowest BCUT2D eigenvalue weighted by molar-refractivity contribution is -0.0920. The molecular weight excluding hydrogens is 444 g/mol. The van der Waals surface area contributed by atoms with Gasteiger partial charge in [0.1, 0.15) is 5.82 Å². The van der Waals surface area contributed by atoms with Gasteiger partial charge >= 0.3 is 0 Å². The van der Waals surface area contributed by atoms with Crippen molar-refractivity contribution < 1.29 is 14.6 Å². The second-order valence-corrected chi connectivity index (χ2v) is 10.1. The van der Waals surface area contributed by atoms with E-state index in [1.54, 1.807) is 6.20 Å². The average molecular weight is 481 g/mol. The molecule has 1 aromatic carbocycles. The first-order chi connectivity index (χ1) is 17.0. The van der Waals surface area contributed by atoms with Gasteiger partial charge in [0.05, 0.1) is 17.9 Å². The van der Waals surface area contributed by atoms with Crippen LogP contribution in [-0.4, -0.2) is 58.4 Å². The number of ether oxygens (including phenoxy) is 1. The summed E-state index contributed by atoms with van der Waals surface area (Å²) in [5.74, 6) is 0.291. The molecule has 5 rings (SSSR count). The van der Waals surface area contributed by atoms with E-state index in [-0.39, 0.29) is 23.4 Å². The number of nitrogens with two attached hydrogens (primary N) is 1. The Morgan fingerprint density at radius 3 is 2.49 bits per heavy atom. The van der Waals surface area contributed by atoms with Crippen molar-refractivity contribution in [2.45, 2.75) is 75.5 Å². The van der Waals surface area contributed by atoms with E-state index in [0.717, 1.165) is 63.9 Å². The fraction of sp³-hybridized carbons (Fsp3) is 0.577. The highest BCUT2D eigenvalue weighted by molar-refractivity contribution is 5.96. The maximum atomic E-state index is 12.0. The molecule has 2 aliphatic heterocycles. The number of benzene rings is 1. The van der Waals surface area contributed by atoms with Crippen molar-refractivity contribution in [1.29, 1.82) is 0 Å². The molecule has 2 aromatic rings. The summed E-state index contributed by atoms with van der Waals surface area (Å²) in [6.45, 7) is 2.89. The number of aliphatic hydroxyl groups excluding tert-OH is 1. The van der Waals surface area contributed by atoms with Crippen molar-refractivity contribution in [2.75, 3.05) is 35.2 Å². The van der Waals surface area contributed by atoms with E-state index in [2.05, 4.69) is 37.6 Å². The number of aliphatic hydroxyl groups is 1. The van der Waals surface area contributed by atoms with E-state index in [0.29, 0.717) is 11.6 Å². The summed E-state index contributed by atoms with van der Waals surface area (Å²) in [5.41, 5.74) is 7.74. The molecule has 188 valence electrons. The molecule has 3 heterocycles. The van der Waals surface area contributed by atoms with Crippen LogP contribution in [-0.2, 0) is 4.74 Å². The molecule has 3 aliphatic rings. The summed E-state index contributed by atoms with van der Waals surface area (Å²) in [6, 6.07) is 8.39. The van der Waals surface area contributed by atoms with Crippen LogP contribution in [0.5, 0.6) is 0 Å². The fourth-order valence-corrected chi connectivity index (χ4v) is 5.52. The van der Waals surface area contributed by atoms with Crippen LogP contribution in [0.1, 0.15) is 68.3 Å². The summed E-state index contributed by atoms with van der Waals surface area (Å²) in [6.07, 6.45) is 10.4. The standard InChI is InChI=1S/C26H36N6O3/c27-24(34)23-25(31-22(17-28-23)29-18-5-9-21(33)10-6-18)30-19-3-7-20(8-4-19)32-14-12-26(13-15-32)11-1-2-16-35-26/h3-4,7-8,17-18,21,33H,1-2,5-6,9-16H2,(H2,27,34)(H2,29,30,31). The number of rotatable bonds is 6. The van der Waals surface area contributed by atoms with E-state index in [4.69, 9.17) is 10.5 Å². The van der Waals surface area contributed by atoms with Crippen LogP contribution in [0.15, 0.2) is 30.5 Å². The number of hydrogen-bond acceptors (Lipinski definition) is 8. The third kappa shape index (κ3) is 5.67. The Labute approximate surface area is 206 Å². The number of nitrogens with one attached hydrogen (secondary N) is 2. The third-order valence-corrected chi connectivity index (χ3v) is 7.66. The van der Waals surface area contributed by atoms with Gasteiger partial charge in [-0.05, 0) is 82.1 Å². The third-order valence-electron chi connectivity index (χ3n) is 7.66. The second kappa shape index (κ2) is 10.4. The van der Waals surface area contributed by atoms with Crippen LogP contribution < -0.4 is 21.3 Å². The molecule has 1 aromatic heterocycles. The number of amides is 1. The lowest BCUT2D eigenvalue weighted by Crippen LogP contribution is -2.47. The van der Waals surface area contributed by atoms with E-state index in [1.165, 1.54) is 24.9 Å². The Morgan fingerprint density at radius 2 is 1.83 bits per heavy atom. The molecule has 5 N–H and O–H groups in total. The van der Waals surface area contributed by atoms with Gasteiger partial charge in [0, 0.05) is 37.1 Å². The molecule has 2 saturated heterocycles. The lowest BCUT2D eigenvalue weighted by Gasteiger charge is -2.44. The molecule has 9 heteroatoms. The van der Waals surface area contributed by atoms with Crippen molar-refractivity contribution in [2.24, 2.45) is 5.73 Å². The van der Waals surface area contributed by atoms with Crippen molar-refractivity contribution in [3.8, 4) is 0 Å². The molecule has 1 amide bonds. The van der Waals surface area contributed by atoms with Gasteiger partial charge < -0.3 is 31.1 Å². The van der Waals surface area contributed by atoms with Gasteiger partial charge in [-0.25, -0.2) is 9.97 Å². The first kappa shape index (κ1) is 23.8. The summed E-state index contributed by atoms with van der Waals surface area (Å²) in [7, 11) is 0. The maximum absolute atomic E-state index is 12.0. The largest absolute Gasteiger partial charge is 0.393 e. The molecule has 35 heavy (non-hydrogen) atoms. The Kier molecular flexibility index (Phi) is 7.06. The maximum Gasteiger partial charge on any atom is 0.271 e. The predicted octanol–water partition coefficient (Wildman–Crippen LogP) is 3.57. The van der Waals surface area contributed by atoms with Gasteiger partial charge in [0.2, 0.25) is 0 Å². The predicted molar refractivity (Wildman–Crippen MR) is 136 cm³/mol. The summed E-state index contributed by atoms with van der Waals surface area (Å²) in [4.78, 5) is 23.2. The minimum absolute atomic E-state index is 0.0938. The molecule has 9 nitrogen and oxygen atoms in total. The van der Waals surface area contributed by atoms with Gasteiger partial charge in [-0.1, -0.05) is 0 Å². The number of aromatic nitrogens is 2. The van der Waals surface area contributed by atoms with Crippen molar-refractivity contribution in [3.05, 3.63) is 36.2 Å². The molecule has 0 radical (unpaired) electrons. The summed E-state index contributed by atoms with van der Waals surface area (Å²) >= 11 is 0. The Morgan fingerprint density at radius 1 is 1.09 bits per heavy atom. The van der Waals surface area contributed by atoms with Crippen molar-refractivity contribution >= 4 is 28.9 Å². The topological polar surface area (TPSA) is 126 Å². The van der Waals surface area contributed by atoms with Gasteiger partial charge in [-0.15, -0.1) is 0 Å². The smallest absolute Gasteiger partial charge is 0.271 e. The monoisotopic (exact) mass is 480 g/mol. The number of carbonyl (C=O) groups is 1. The molecule has 1 saturated carbocycles. The molecule has 0 atom stereocenters. The zero-order chi connectivity index (χ0) is 24.3. The number of carbonyl (C=O) groups excluding carboxylic acids is 1. The summed E-state index contributed by atoms with van der Waals surface area (Å²) in [5, 5.41) is 16.3. The first-order valence-corrected chi connectivity index (χ1v) is 12.9. The number of anilines is 4. The van der Waals surface area contributed by atoms with E-state index in [1.807, 2.05) is 12.1 Å². The molecular formula is C26H36N6O3. The Balaban J connectivity index is 1.24.